The fourth-order valence-corrected chi connectivity index (χ4v) is 3.03. The minimum atomic E-state index is -0.281. The number of rotatable bonds is 2. The van der Waals surface area contributed by atoms with Gasteiger partial charge < -0.3 is 20.1 Å². The van der Waals surface area contributed by atoms with Gasteiger partial charge >= 0.3 is 6.09 Å². The third kappa shape index (κ3) is 3.54. The Morgan fingerprint density at radius 2 is 2.19 bits per heavy atom. The lowest BCUT2D eigenvalue weighted by Gasteiger charge is -2.30. The number of amides is 1. The fourth-order valence-electron chi connectivity index (χ4n) is 3.03. The molecule has 3 rings (SSSR count). The highest BCUT2D eigenvalue weighted by atomic mass is 16.6. The molecule has 1 amide bonds. The van der Waals surface area contributed by atoms with Crippen LogP contribution in [0.3, 0.4) is 0 Å². The van der Waals surface area contributed by atoms with E-state index in [-0.39, 0.29) is 18.2 Å². The first-order chi connectivity index (χ1) is 10.2. The summed E-state index contributed by atoms with van der Waals surface area (Å²) in [5, 5.41) is 12.9. The number of carbonyl (C=O) groups excluding carboxylic acids is 1. The zero-order valence-electron chi connectivity index (χ0n) is 12.1. The van der Waals surface area contributed by atoms with Crippen molar-refractivity contribution in [3.63, 3.8) is 0 Å². The maximum atomic E-state index is 12.1. The molecular weight excluding hydrogens is 268 g/mol. The Balaban J connectivity index is 1.50. The van der Waals surface area contributed by atoms with Crippen molar-refractivity contribution in [2.24, 2.45) is 0 Å². The van der Waals surface area contributed by atoms with Crippen molar-refractivity contribution in [1.29, 1.82) is 0 Å². The molecule has 1 fully saturated rings. The Morgan fingerprint density at radius 3 is 3.00 bits per heavy atom. The molecule has 1 aromatic carbocycles. The molecule has 2 N–H and O–H groups in total. The summed E-state index contributed by atoms with van der Waals surface area (Å²) in [5.41, 5.74) is 2.52. The molecule has 2 atom stereocenters. The van der Waals surface area contributed by atoms with Crippen LogP contribution in [0.4, 0.5) is 4.79 Å². The van der Waals surface area contributed by atoms with Crippen LogP contribution in [0.1, 0.15) is 24.0 Å². The van der Waals surface area contributed by atoms with Gasteiger partial charge in [0.2, 0.25) is 0 Å². The molecule has 5 nitrogen and oxygen atoms in total. The van der Waals surface area contributed by atoms with Gasteiger partial charge in [0, 0.05) is 19.1 Å². The van der Waals surface area contributed by atoms with Gasteiger partial charge in [-0.15, -0.1) is 0 Å². The minimum Gasteiger partial charge on any atom is -0.448 e. The minimum absolute atomic E-state index is 0.0646. The van der Waals surface area contributed by atoms with Crippen LogP contribution < -0.4 is 5.32 Å². The maximum absolute atomic E-state index is 12.1. The second-order valence-electron chi connectivity index (χ2n) is 5.85. The van der Waals surface area contributed by atoms with Gasteiger partial charge in [0.1, 0.15) is 6.61 Å². The van der Waals surface area contributed by atoms with Crippen LogP contribution in [0.5, 0.6) is 0 Å². The van der Waals surface area contributed by atoms with Crippen LogP contribution in [0.2, 0.25) is 0 Å². The molecule has 1 saturated heterocycles. The molecule has 1 aromatic rings. The van der Waals surface area contributed by atoms with Gasteiger partial charge in [-0.25, -0.2) is 4.79 Å². The van der Waals surface area contributed by atoms with Crippen molar-refractivity contribution in [2.75, 3.05) is 19.7 Å². The summed E-state index contributed by atoms with van der Waals surface area (Å²) in [5.74, 6) is 0. The monoisotopic (exact) mass is 290 g/mol. The highest BCUT2D eigenvalue weighted by Crippen LogP contribution is 2.19. The molecule has 5 heteroatoms. The first-order valence-corrected chi connectivity index (χ1v) is 7.62. The standard InChI is InChI=1S/C16H22N2O3/c19-15-5-7-17-14(9-15)11-21-16(20)18-8-6-12-3-1-2-4-13(12)10-18/h1-4,14-15,17,19H,5-11H2. The zero-order chi connectivity index (χ0) is 14.7. The van der Waals surface area contributed by atoms with Crippen molar-refractivity contribution in [1.82, 2.24) is 10.2 Å². The van der Waals surface area contributed by atoms with Gasteiger partial charge in [0.15, 0.2) is 0 Å². The third-order valence-corrected chi connectivity index (χ3v) is 4.26. The smallest absolute Gasteiger partial charge is 0.410 e. The number of aliphatic hydroxyl groups is 1. The van der Waals surface area contributed by atoms with E-state index in [0.717, 1.165) is 19.4 Å². The predicted molar refractivity (Wildman–Crippen MR) is 78.9 cm³/mol. The summed E-state index contributed by atoms with van der Waals surface area (Å²) in [6.45, 7) is 2.43. The number of hydrogen-bond acceptors (Lipinski definition) is 4. The van der Waals surface area contributed by atoms with Crippen LogP contribution in [0.25, 0.3) is 0 Å². The van der Waals surface area contributed by atoms with Crippen molar-refractivity contribution < 1.29 is 14.6 Å². The van der Waals surface area contributed by atoms with Gasteiger partial charge in [-0.05, 0) is 36.9 Å². The molecule has 0 saturated carbocycles. The summed E-state index contributed by atoms with van der Waals surface area (Å²) < 4.78 is 5.40. The van der Waals surface area contributed by atoms with Crippen molar-refractivity contribution >= 4 is 6.09 Å². The SMILES string of the molecule is O=C(OCC1CC(O)CCN1)N1CCc2ccccc2C1. The molecule has 2 heterocycles. The summed E-state index contributed by atoms with van der Waals surface area (Å²) in [7, 11) is 0. The molecular formula is C16H22N2O3. The maximum Gasteiger partial charge on any atom is 0.410 e. The zero-order valence-corrected chi connectivity index (χ0v) is 12.1. The van der Waals surface area contributed by atoms with E-state index in [1.165, 1.54) is 11.1 Å². The van der Waals surface area contributed by atoms with E-state index in [1.54, 1.807) is 4.90 Å². The van der Waals surface area contributed by atoms with Crippen molar-refractivity contribution in [2.45, 2.75) is 38.0 Å². The second kappa shape index (κ2) is 6.45. The van der Waals surface area contributed by atoms with Crippen molar-refractivity contribution in [3.05, 3.63) is 35.4 Å². The third-order valence-electron chi connectivity index (χ3n) is 4.26. The molecule has 0 spiro atoms. The fraction of sp³-hybridized carbons (Fsp3) is 0.562. The molecule has 0 aromatic heterocycles. The van der Waals surface area contributed by atoms with Gasteiger partial charge in [-0.1, -0.05) is 24.3 Å². The Bertz CT molecular complexity index is 506. The highest BCUT2D eigenvalue weighted by Gasteiger charge is 2.24. The Kier molecular flexibility index (Phi) is 4.41. The summed E-state index contributed by atoms with van der Waals surface area (Å²) >= 11 is 0. The molecule has 0 radical (unpaired) electrons. The van der Waals surface area contributed by atoms with E-state index < -0.39 is 0 Å². The number of fused-ring (bicyclic) bond motifs is 1. The number of hydrogen-bond donors (Lipinski definition) is 2. The highest BCUT2D eigenvalue weighted by molar-refractivity contribution is 5.68. The number of nitrogens with one attached hydrogen (secondary N) is 1. The average Bonchev–Trinajstić information content (AvgIpc) is 2.52. The van der Waals surface area contributed by atoms with E-state index in [9.17, 15) is 9.90 Å². The molecule has 21 heavy (non-hydrogen) atoms. The quantitative estimate of drug-likeness (QED) is 0.862. The van der Waals surface area contributed by atoms with E-state index in [1.807, 2.05) is 12.1 Å². The van der Waals surface area contributed by atoms with Crippen LogP contribution in [-0.4, -0.2) is 47.9 Å². The van der Waals surface area contributed by atoms with Crippen LogP contribution >= 0.6 is 0 Å². The number of nitrogens with zero attached hydrogens (tertiary/aromatic N) is 1. The van der Waals surface area contributed by atoms with Gasteiger partial charge in [-0.2, -0.15) is 0 Å². The topological polar surface area (TPSA) is 61.8 Å². The first kappa shape index (κ1) is 14.4. The van der Waals surface area contributed by atoms with Gasteiger partial charge in [0.05, 0.1) is 6.10 Å². The van der Waals surface area contributed by atoms with Crippen LogP contribution in [0.15, 0.2) is 24.3 Å². The van der Waals surface area contributed by atoms with E-state index in [0.29, 0.717) is 26.1 Å². The molecule has 2 aliphatic rings. The van der Waals surface area contributed by atoms with Gasteiger partial charge in [0.25, 0.3) is 0 Å². The van der Waals surface area contributed by atoms with E-state index in [4.69, 9.17) is 4.74 Å². The first-order valence-electron chi connectivity index (χ1n) is 7.62. The number of piperidine rings is 1. The predicted octanol–water partition coefficient (Wildman–Crippen LogP) is 1.29. The summed E-state index contributed by atoms with van der Waals surface area (Å²) in [6.07, 6.45) is 1.76. The Morgan fingerprint density at radius 1 is 1.38 bits per heavy atom. The lowest BCUT2D eigenvalue weighted by molar-refractivity contribution is 0.0624. The molecule has 114 valence electrons. The lowest BCUT2D eigenvalue weighted by Crippen LogP contribution is -2.45. The largest absolute Gasteiger partial charge is 0.448 e. The van der Waals surface area contributed by atoms with Crippen LogP contribution in [0, 0.1) is 0 Å². The van der Waals surface area contributed by atoms with E-state index in [2.05, 4.69) is 17.4 Å². The number of ether oxygens (including phenoxy) is 1. The number of benzene rings is 1. The molecule has 2 unspecified atom stereocenters. The van der Waals surface area contributed by atoms with Crippen LogP contribution in [-0.2, 0) is 17.7 Å². The lowest BCUT2D eigenvalue weighted by atomic mass is 10.0. The van der Waals surface area contributed by atoms with Crippen molar-refractivity contribution in [3.8, 4) is 0 Å². The van der Waals surface area contributed by atoms with Gasteiger partial charge in [-0.3, -0.25) is 0 Å². The number of carbonyl (C=O) groups is 1. The normalized spacial score (nSPS) is 25.3. The summed E-state index contributed by atoms with van der Waals surface area (Å²) in [6, 6.07) is 8.28. The molecule has 0 bridgehead atoms. The van der Waals surface area contributed by atoms with E-state index >= 15 is 0 Å². The summed E-state index contributed by atoms with van der Waals surface area (Å²) in [4.78, 5) is 13.9. The Labute approximate surface area is 124 Å². The second-order valence-corrected chi connectivity index (χ2v) is 5.85. The average molecular weight is 290 g/mol. The molecule has 2 aliphatic heterocycles. The molecule has 0 aliphatic carbocycles. The number of aliphatic hydroxyl groups excluding tert-OH is 1. The Hall–Kier alpha value is -1.59.